The van der Waals surface area contributed by atoms with Gasteiger partial charge in [0.05, 0.1) is 0 Å². The van der Waals surface area contributed by atoms with Gasteiger partial charge in [-0.1, -0.05) is 20.8 Å². The molecule has 0 aromatic heterocycles. The summed E-state index contributed by atoms with van der Waals surface area (Å²) in [7, 11) is 0. The third kappa shape index (κ3) is 12.7. The van der Waals surface area contributed by atoms with Crippen molar-refractivity contribution in [2.24, 2.45) is 0 Å². The molecule has 3 nitrogen and oxygen atoms in total. The predicted molar refractivity (Wildman–Crippen MR) is 50.2 cm³/mol. The normalized spacial score (nSPS) is 12.2. The lowest BCUT2D eigenvalue weighted by Gasteiger charge is -2.13. The fourth-order valence-electron chi connectivity index (χ4n) is 0.671. The SMILES string of the molecule is CCN(CC)CC.O=S(O)CF. The molecule has 5 heteroatoms. The number of hydrogen-bond donors (Lipinski definition) is 1. The topological polar surface area (TPSA) is 40.5 Å². The van der Waals surface area contributed by atoms with Crippen LogP contribution in [0.1, 0.15) is 20.8 Å². The van der Waals surface area contributed by atoms with Gasteiger partial charge >= 0.3 is 0 Å². The molecule has 12 heavy (non-hydrogen) atoms. The molecule has 0 aliphatic heterocycles. The van der Waals surface area contributed by atoms with Gasteiger partial charge in [-0.25, -0.2) is 8.60 Å². The highest BCUT2D eigenvalue weighted by atomic mass is 32.2. The monoisotopic (exact) mass is 199 g/mol. The van der Waals surface area contributed by atoms with Crippen molar-refractivity contribution in [1.29, 1.82) is 0 Å². The molecule has 0 heterocycles. The molecule has 0 fully saturated rings. The van der Waals surface area contributed by atoms with Crippen LogP contribution < -0.4 is 0 Å². The van der Waals surface area contributed by atoms with Crippen LogP contribution in [0.25, 0.3) is 0 Å². The molecule has 1 atom stereocenters. The summed E-state index contributed by atoms with van der Waals surface area (Å²) in [4.78, 5) is 2.38. The van der Waals surface area contributed by atoms with E-state index >= 15 is 0 Å². The van der Waals surface area contributed by atoms with Crippen molar-refractivity contribution in [3.63, 3.8) is 0 Å². The third-order valence-electron chi connectivity index (χ3n) is 1.43. The van der Waals surface area contributed by atoms with Gasteiger partial charge in [0.1, 0.15) is 0 Å². The smallest absolute Gasteiger partial charge is 0.190 e. The molecular formula is C7H18FNO2S. The van der Waals surface area contributed by atoms with Gasteiger partial charge in [0, 0.05) is 0 Å². The maximum absolute atomic E-state index is 10.6. The van der Waals surface area contributed by atoms with Crippen molar-refractivity contribution in [3.8, 4) is 0 Å². The molecule has 0 amide bonds. The van der Waals surface area contributed by atoms with Gasteiger partial charge in [0.15, 0.2) is 17.1 Å². The number of alkyl halides is 1. The van der Waals surface area contributed by atoms with Gasteiger partial charge < -0.3 is 9.45 Å². The fourth-order valence-corrected chi connectivity index (χ4v) is 0.671. The van der Waals surface area contributed by atoms with Crippen molar-refractivity contribution in [1.82, 2.24) is 4.90 Å². The number of rotatable bonds is 4. The summed E-state index contributed by atoms with van der Waals surface area (Å²) in [5.74, 6) is 0. The van der Waals surface area contributed by atoms with E-state index in [0.29, 0.717) is 0 Å². The Hall–Kier alpha value is -0.0000000000000000555. The molecule has 1 unspecified atom stereocenters. The van der Waals surface area contributed by atoms with Gasteiger partial charge in [-0.15, -0.1) is 0 Å². The van der Waals surface area contributed by atoms with Crippen LogP contribution in [0.4, 0.5) is 4.39 Å². The minimum Gasteiger partial charge on any atom is -0.304 e. The van der Waals surface area contributed by atoms with E-state index in [1.807, 2.05) is 0 Å². The molecule has 0 saturated heterocycles. The van der Waals surface area contributed by atoms with Crippen molar-refractivity contribution in [2.75, 3.05) is 25.6 Å². The largest absolute Gasteiger partial charge is 0.304 e. The summed E-state index contributed by atoms with van der Waals surface area (Å²) in [6.45, 7) is 10.1. The van der Waals surface area contributed by atoms with Crippen LogP contribution in [0, 0.1) is 0 Å². The zero-order valence-electron chi connectivity index (χ0n) is 7.92. The Morgan fingerprint density at radius 3 is 1.50 bits per heavy atom. The van der Waals surface area contributed by atoms with E-state index in [4.69, 9.17) is 8.76 Å². The molecule has 0 aromatic rings. The summed E-state index contributed by atoms with van der Waals surface area (Å²) in [6.07, 6.45) is 0. The van der Waals surface area contributed by atoms with Gasteiger partial charge in [-0.3, -0.25) is 0 Å². The van der Waals surface area contributed by atoms with Crippen LogP contribution >= 0.6 is 0 Å². The highest BCUT2D eigenvalue weighted by molar-refractivity contribution is 7.79. The van der Waals surface area contributed by atoms with Crippen LogP contribution in [0.15, 0.2) is 0 Å². The minimum atomic E-state index is -2.24. The van der Waals surface area contributed by atoms with E-state index in [-0.39, 0.29) is 0 Å². The van der Waals surface area contributed by atoms with Crippen LogP contribution in [-0.4, -0.2) is 39.3 Å². The van der Waals surface area contributed by atoms with E-state index in [1.54, 1.807) is 0 Å². The highest BCUT2D eigenvalue weighted by Gasteiger charge is 1.89. The zero-order valence-corrected chi connectivity index (χ0v) is 8.73. The average Bonchev–Trinajstić information content (AvgIpc) is 2.09. The Labute approximate surface area is 76.2 Å². The number of nitrogens with zero attached hydrogens (tertiary/aromatic N) is 1. The number of halogens is 1. The summed E-state index contributed by atoms with van der Waals surface area (Å²) < 4.78 is 27.1. The lowest BCUT2D eigenvalue weighted by Crippen LogP contribution is -2.21. The van der Waals surface area contributed by atoms with Crippen LogP contribution in [0.3, 0.4) is 0 Å². The summed E-state index contributed by atoms with van der Waals surface area (Å²) in [5.41, 5.74) is 0. The quantitative estimate of drug-likeness (QED) is 0.697. The first-order valence-electron chi connectivity index (χ1n) is 3.98. The predicted octanol–water partition coefficient (Wildman–Crippen LogP) is 1.48. The molecule has 0 aliphatic carbocycles. The summed E-state index contributed by atoms with van der Waals surface area (Å²) in [6, 6.07) is -1.17. The van der Waals surface area contributed by atoms with Gasteiger partial charge in [-0.05, 0) is 19.6 Å². The molecule has 76 valence electrons. The van der Waals surface area contributed by atoms with Crippen LogP contribution in [-0.2, 0) is 11.1 Å². The Balaban J connectivity index is 0. The second-order valence-corrected chi connectivity index (χ2v) is 2.91. The molecule has 0 bridgehead atoms. The van der Waals surface area contributed by atoms with Crippen molar-refractivity contribution in [3.05, 3.63) is 0 Å². The van der Waals surface area contributed by atoms with E-state index in [9.17, 15) is 4.39 Å². The first-order valence-corrected chi connectivity index (χ1v) is 5.25. The lowest BCUT2D eigenvalue weighted by atomic mass is 10.5. The molecule has 0 rings (SSSR count). The first-order chi connectivity index (χ1) is 5.62. The Morgan fingerprint density at radius 1 is 1.25 bits per heavy atom. The Bertz CT molecular complexity index is 104. The van der Waals surface area contributed by atoms with Crippen molar-refractivity contribution < 1.29 is 13.2 Å². The van der Waals surface area contributed by atoms with E-state index in [2.05, 4.69) is 25.7 Å². The van der Waals surface area contributed by atoms with Gasteiger partial charge in [0.2, 0.25) is 0 Å². The van der Waals surface area contributed by atoms with Crippen molar-refractivity contribution >= 4 is 11.1 Å². The molecular weight excluding hydrogens is 181 g/mol. The van der Waals surface area contributed by atoms with Gasteiger partial charge in [-0.2, -0.15) is 0 Å². The number of hydrogen-bond acceptors (Lipinski definition) is 2. The second kappa shape index (κ2) is 11.0. The fraction of sp³-hybridized carbons (Fsp3) is 1.00. The lowest BCUT2D eigenvalue weighted by molar-refractivity contribution is 0.321. The van der Waals surface area contributed by atoms with Crippen molar-refractivity contribution in [2.45, 2.75) is 20.8 Å². The van der Waals surface area contributed by atoms with Crippen LogP contribution in [0.5, 0.6) is 0 Å². The molecule has 0 saturated carbocycles. The van der Waals surface area contributed by atoms with E-state index in [0.717, 1.165) is 0 Å². The molecule has 0 aromatic carbocycles. The Kier molecular flexibility index (Phi) is 13.3. The first kappa shape index (κ1) is 14.5. The minimum absolute atomic E-state index is 1.17. The average molecular weight is 199 g/mol. The maximum Gasteiger partial charge on any atom is 0.190 e. The molecule has 0 aliphatic rings. The maximum atomic E-state index is 10.6. The molecule has 0 spiro atoms. The third-order valence-corrected chi connectivity index (χ3v) is 1.62. The van der Waals surface area contributed by atoms with Crippen LogP contribution in [0.2, 0.25) is 0 Å². The standard InChI is InChI=1S/C6H15N.CH3FO2S/c1-4-7(5-2)6-3;2-1-5(3)4/h4-6H2,1-3H3;1H2,(H,3,4). The molecule has 1 N–H and O–H groups in total. The summed E-state index contributed by atoms with van der Waals surface area (Å²) >= 11 is -2.24. The second-order valence-electron chi connectivity index (χ2n) is 2.05. The summed E-state index contributed by atoms with van der Waals surface area (Å²) in [5, 5.41) is 0. The molecule has 0 radical (unpaired) electrons. The highest BCUT2D eigenvalue weighted by Crippen LogP contribution is 1.81. The van der Waals surface area contributed by atoms with E-state index < -0.39 is 17.1 Å². The Morgan fingerprint density at radius 2 is 1.50 bits per heavy atom. The van der Waals surface area contributed by atoms with Gasteiger partial charge in [0.25, 0.3) is 0 Å². The zero-order chi connectivity index (χ0) is 9.98. The van der Waals surface area contributed by atoms with E-state index in [1.165, 1.54) is 19.6 Å².